The zero-order valence-corrected chi connectivity index (χ0v) is 11.3. The molecule has 0 saturated heterocycles. The number of nitro benzene ring substituents is 1. The molecule has 0 saturated carbocycles. The maximum absolute atomic E-state index is 11.3. The minimum absolute atomic E-state index is 0.0192. The Kier molecular flexibility index (Phi) is 4.47. The number of anilines is 1. The van der Waals surface area contributed by atoms with E-state index in [9.17, 15) is 20.0 Å². The van der Waals surface area contributed by atoms with E-state index in [-0.39, 0.29) is 5.69 Å². The largest absolute Gasteiger partial charge is 0.480 e. The number of nitro groups is 1. The SMILES string of the molecule is CCCC(C)(Nc1cccc([N+](=O)[O-])c1C)C(=O)O. The van der Waals surface area contributed by atoms with Gasteiger partial charge in [-0.1, -0.05) is 19.4 Å². The van der Waals surface area contributed by atoms with Crippen molar-refractivity contribution in [3.05, 3.63) is 33.9 Å². The monoisotopic (exact) mass is 266 g/mol. The highest BCUT2D eigenvalue weighted by Gasteiger charge is 2.32. The van der Waals surface area contributed by atoms with Crippen LogP contribution in [0, 0.1) is 17.0 Å². The van der Waals surface area contributed by atoms with Crippen LogP contribution in [0.3, 0.4) is 0 Å². The standard InChI is InChI=1S/C13H18N2O4/c1-4-8-13(3,12(16)17)14-10-6-5-7-11(9(10)2)15(18)19/h5-7,14H,4,8H2,1-3H3,(H,16,17). The van der Waals surface area contributed by atoms with E-state index in [4.69, 9.17) is 0 Å². The van der Waals surface area contributed by atoms with Crippen molar-refractivity contribution in [1.82, 2.24) is 0 Å². The van der Waals surface area contributed by atoms with E-state index in [1.807, 2.05) is 6.92 Å². The van der Waals surface area contributed by atoms with Crippen molar-refractivity contribution in [3.8, 4) is 0 Å². The number of nitrogens with one attached hydrogen (secondary N) is 1. The third-order valence-corrected chi connectivity index (χ3v) is 3.13. The fraction of sp³-hybridized carbons (Fsp3) is 0.462. The molecule has 0 aliphatic rings. The summed E-state index contributed by atoms with van der Waals surface area (Å²) in [5.74, 6) is -0.972. The molecule has 0 spiro atoms. The molecule has 104 valence electrons. The molecule has 1 unspecified atom stereocenters. The van der Waals surface area contributed by atoms with Gasteiger partial charge >= 0.3 is 5.97 Å². The van der Waals surface area contributed by atoms with Crippen LogP contribution in [0.1, 0.15) is 32.3 Å². The number of carboxylic acid groups (broad SMARTS) is 1. The predicted octanol–water partition coefficient (Wildman–Crippen LogP) is 2.96. The Bertz CT molecular complexity index is 501. The van der Waals surface area contributed by atoms with Crippen LogP contribution in [0.2, 0.25) is 0 Å². The average molecular weight is 266 g/mol. The molecule has 0 aliphatic carbocycles. The minimum Gasteiger partial charge on any atom is -0.480 e. The first-order valence-electron chi connectivity index (χ1n) is 6.07. The Balaban J connectivity index is 3.14. The molecular weight excluding hydrogens is 248 g/mol. The van der Waals surface area contributed by atoms with Gasteiger partial charge in [0.05, 0.1) is 4.92 Å². The second kappa shape index (κ2) is 5.69. The number of rotatable bonds is 6. The normalized spacial score (nSPS) is 13.6. The summed E-state index contributed by atoms with van der Waals surface area (Å²) >= 11 is 0. The molecule has 0 radical (unpaired) electrons. The highest BCUT2D eigenvalue weighted by molar-refractivity contribution is 5.83. The molecule has 2 N–H and O–H groups in total. The van der Waals surface area contributed by atoms with Crippen LogP contribution in [0.4, 0.5) is 11.4 Å². The molecule has 0 amide bonds. The lowest BCUT2D eigenvalue weighted by atomic mass is 9.95. The lowest BCUT2D eigenvalue weighted by molar-refractivity contribution is -0.385. The second-order valence-corrected chi connectivity index (χ2v) is 4.72. The van der Waals surface area contributed by atoms with Gasteiger partial charge in [0.2, 0.25) is 0 Å². The van der Waals surface area contributed by atoms with Crippen molar-refractivity contribution >= 4 is 17.3 Å². The molecule has 1 aromatic rings. The zero-order valence-electron chi connectivity index (χ0n) is 11.3. The second-order valence-electron chi connectivity index (χ2n) is 4.72. The van der Waals surface area contributed by atoms with Gasteiger partial charge in [-0.3, -0.25) is 10.1 Å². The number of nitrogens with zero attached hydrogens (tertiary/aromatic N) is 1. The van der Waals surface area contributed by atoms with Crippen molar-refractivity contribution in [2.45, 2.75) is 39.2 Å². The van der Waals surface area contributed by atoms with Crippen molar-refractivity contribution in [2.75, 3.05) is 5.32 Å². The van der Waals surface area contributed by atoms with E-state index < -0.39 is 16.4 Å². The number of carbonyl (C=O) groups is 1. The molecule has 0 heterocycles. The number of carboxylic acids is 1. The van der Waals surface area contributed by atoms with Gasteiger partial charge in [-0.15, -0.1) is 0 Å². The van der Waals surface area contributed by atoms with Gasteiger partial charge in [-0.25, -0.2) is 4.79 Å². The van der Waals surface area contributed by atoms with Crippen molar-refractivity contribution in [1.29, 1.82) is 0 Å². The van der Waals surface area contributed by atoms with E-state index in [1.165, 1.54) is 6.07 Å². The Labute approximate surface area is 111 Å². The predicted molar refractivity (Wildman–Crippen MR) is 72.4 cm³/mol. The Morgan fingerprint density at radius 3 is 2.63 bits per heavy atom. The fourth-order valence-corrected chi connectivity index (χ4v) is 1.98. The van der Waals surface area contributed by atoms with Gasteiger partial charge in [0, 0.05) is 17.3 Å². The molecule has 19 heavy (non-hydrogen) atoms. The first-order valence-corrected chi connectivity index (χ1v) is 6.07. The third-order valence-electron chi connectivity index (χ3n) is 3.13. The van der Waals surface area contributed by atoms with Gasteiger partial charge in [-0.05, 0) is 26.3 Å². The Hall–Kier alpha value is -2.11. The lowest BCUT2D eigenvalue weighted by Crippen LogP contribution is -2.43. The average Bonchev–Trinajstić information content (AvgIpc) is 2.31. The molecule has 6 heteroatoms. The van der Waals surface area contributed by atoms with Gasteiger partial charge in [0.15, 0.2) is 0 Å². The molecule has 1 rings (SSSR count). The maximum Gasteiger partial charge on any atom is 0.329 e. The third kappa shape index (κ3) is 3.21. The van der Waals surface area contributed by atoms with Crippen LogP contribution in [0.25, 0.3) is 0 Å². The first kappa shape index (κ1) is 14.9. The molecule has 0 fully saturated rings. The number of hydrogen-bond acceptors (Lipinski definition) is 4. The number of hydrogen-bond donors (Lipinski definition) is 2. The van der Waals surface area contributed by atoms with E-state index >= 15 is 0 Å². The highest BCUT2D eigenvalue weighted by Crippen LogP contribution is 2.29. The van der Waals surface area contributed by atoms with Crippen molar-refractivity contribution < 1.29 is 14.8 Å². The lowest BCUT2D eigenvalue weighted by Gasteiger charge is -2.27. The van der Waals surface area contributed by atoms with Crippen LogP contribution >= 0.6 is 0 Å². The Morgan fingerprint density at radius 1 is 1.53 bits per heavy atom. The summed E-state index contributed by atoms with van der Waals surface area (Å²) in [4.78, 5) is 21.7. The number of aliphatic carboxylic acids is 1. The van der Waals surface area contributed by atoms with Gasteiger partial charge < -0.3 is 10.4 Å². The highest BCUT2D eigenvalue weighted by atomic mass is 16.6. The van der Waals surface area contributed by atoms with Crippen molar-refractivity contribution in [2.24, 2.45) is 0 Å². The van der Waals surface area contributed by atoms with E-state index in [1.54, 1.807) is 26.0 Å². The van der Waals surface area contributed by atoms with Crippen LogP contribution in [0.5, 0.6) is 0 Å². The topological polar surface area (TPSA) is 92.5 Å². The summed E-state index contributed by atoms with van der Waals surface area (Å²) in [6, 6.07) is 4.60. The van der Waals surface area contributed by atoms with Gasteiger partial charge in [0.1, 0.15) is 5.54 Å². The summed E-state index contributed by atoms with van der Waals surface area (Å²) in [6.45, 7) is 5.08. The van der Waals surface area contributed by atoms with Gasteiger partial charge in [0.25, 0.3) is 5.69 Å². The minimum atomic E-state index is -1.13. The molecule has 0 aromatic heterocycles. The molecular formula is C13H18N2O4. The van der Waals surface area contributed by atoms with Crippen LogP contribution < -0.4 is 5.32 Å². The van der Waals surface area contributed by atoms with Crippen LogP contribution in [0.15, 0.2) is 18.2 Å². The quantitative estimate of drug-likeness (QED) is 0.610. The van der Waals surface area contributed by atoms with Crippen LogP contribution in [-0.2, 0) is 4.79 Å². The summed E-state index contributed by atoms with van der Waals surface area (Å²) in [5.41, 5.74) is -0.229. The van der Waals surface area contributed by atoms with E-state index in [0.717, 1.165) is 0 Å². The Morgan fingerprint density at radius 2 is 2.16 bits per heavy atom. The van der Waals surface area contributed by atoms with Gasteiger partial charge in [-0.2, -0.15) is 0 Å². The molecule has 0 bridgehead atoms. The van der Waals surface area contributed by atoms with Crippen LogP contribution in [-0.4, -0.2) is 21.5 Å². The molecule has 0 aliphatic heterocycles. The number of benzene rings is 1. The summed E-state index contributed by atoms with van der Waals surface area (Å²) in [5, 5.41) is 23.1. The molecule has 1 aromatic carbocycles. The van der Waals surface area contributed by atoms with Crippen molar-refractivity contribution in [3.63, 3.8) is 0 Å². The van der Waals surface area contributed by atoms with E-state index in [2.05, 4.69) is 5.32 Å². The summed E-state index contributed by atoms with van der Waals surface area (Å²) in [6.07, 6.45) is 1.13. The molecule has 6 nitrogen and oxygen atoms in total. The maximum atomic E-state index is 11.3. The summed E-state index contributed by atoms with van der Waals surface area (Å²) < 4.78 is 0. The van der Waals surface area contributed by atoms with E-state index in [0.29, 0.717) is 24.1 Å². The smallest absolute Gasteiger partial charge is 0.329 e. The first-order chi connectivity index (χ1) is 8.81. The molecule has 1 atom stereocenters. The zero-order chi connectivity index (χ0) is 14.6. The summed E-state index contributed by atoms with van der Waals surface area (Å²) in [7, 11) is 0. The fourth-order valence-electron chi connectivity index (χ4n) is 1.98.